The molecule has 5 aromatic carbocycles. The fourth-order valence-electron chi connectivity index (χ4n) is 5.50. The van der Waals surface area contributed by atoms with Crippen molar-refractivity contribution >= 4 is 0 Å². The van der Waals surface area contributed by atoms with Crippen molar-refractivity contribution in [1.29, 1.82) is 0 Å². The maximum absolute atomic E-state index is 2.32. The van der Waals surface area contributed by atoms with Crippen LogP contribution in [0.2, 0.25) is 0 Å². The van der Waals surface area contributed by atoms with Gasteiger partial charge in [-0.05, 0) is 71.3 Å². The lowest BCUT2D eigenvalue weighted by atomic mass is 9.92. The minimum atomic E-state index is 1.11. The molecular formula is C34H28. The lowest BCUT2D eigenvalue weighted by molar-refractivity contribution is 0.796. The minimum Gasteiger partial charge on any atom is -0.0654 e. The number of benzene rings is 5. The van der Waals surface area contributed by atoms with Crippen molar-refractivity contribution in [1.82, 2.24) is 0 Å². The highest BCUT2D eigenvalue weighted by atomic mass is 14.1. The second kappa shape index (κ2) is 8.80. The average Bonchev–Trinajstić information content (AvgIpc) is 2.91. The summed E-state index contributed by atoms with van der Waals surface area (Å²) in [7, 11) is 0. The van der Waals surface area contributed by atoms with Gasteiger partial charge in [0.2, 0.25) is 0 Å². The van der Waals surface area contributed by atoms with Gasteiger partial charge in [0.15, 0.2) is 0 Å². The molecule has 0 atom stereocenters. The monoisotopic (exact) mass is 436 g/mol. The molecule has 1 aliphatic carbocycles. The number of hydrogen-bond acceptors (Lipinski definition) is 0. The fraction of sp³-hybridized carbons (Fsp3) is 0.118. The van der Waals surface area contributed by atoms with Crippen molar-refractivity contribution in [2.45, 2.75) is 26.2 Å². The standard InChI is InChI=1S/C34H28/c1-2-3-13-24-14-4-5-15-25(24)31-22-12-23-33-30-19-9-8-18-28(30)26-16-6-7-17-27(26)29-20-10-11-21-32(29)34(31)33/h4-12,14-23H,2-3,13H2,1H3/b28-26-,29-27-,33-30-,34-32-. The van der Waals surface area contributed by atoms with E-state index in [-0.39, 0.29) is 0 Å². The van der Waals surface area contributed by atoms with Gasteiger partial charge in [-0.3, -0.25) is 0 Å². The largest absolute Gasteiger partial charge is 0.0654 e. The summed E-state index contributed by atoms with van der Waals surface area (Å²) in [6.07, 6.45) is 3.52. The van der Waals surface area contributed by atoms with E-state index in [2.05, 4.69) is 122 Å². The molecule has 0 radical (unpaired) electrons. The molecular weight excluding hydrogens is 408 g/mol. The van der Waals surface area contributed by atoms with Crippen molar-refractivity contribution in [3.8, 4) is 11.1 Å². The summed E-state index contributed by atoms with van der Waals surface area (Å²) in [6, 6.07) is 42.5. The normalized spacial score (nSPS) is 15.7. The first-order valence-corrected chi connectivity index (χ1v) is 12.4. The third-order valence-corrected chi connectivity index (χ3v) is 7.09. The minimum absolute atomic E-state index is 1.11. The van der Waals surface area contributed by atoms with Crippen LogP contribution in [0.4, 0.5) is 0 Å². The van der Waals surface area contributed by atoms with Crippen LogP contribution in [0.25, 0.3) is 11.1 Å². The first kappa shape index (κ1) is 20.7. The molecule has 0 amide bonds. The van der Waals surface area contributed by atoms with Gasteiger partial charge in [0.05, 0.1) is 0 Å². The lowest BCUT2D eigenvalue weighted by Crippen LogP contribution is -1.95. The van der Waals surface area contributed by atoms with Crippen LogP contribution in [-0.4, -0.2) is 0 Å². The maximum atomic E-state index is 2.32. The molecule has 5 aromatic rings. The second-order valence-corrected chi connectivity index (χ2v) is 9.13. The fourth-order valence-corrected chi connectivity index (χ4v) is 5.50. The number of rotatable bonds is 4. The molecule has 0 N–H and O–H groups in total. The molecule has 6 rings (SSSR count). The molecule has 34 heavy (non-hydrogen) atoms. The zero-order chi connectivity index (χ0) is 22.9. The molecule has 0 heteroatoms. The third-order valence-electron chi connectivity index (χ3n) is 7.09. The van der Waals surface area contributed by atoms with Crippen molar-refractivity contribution in [2.24, 2.45) is 0 Å². The average molecular weight is 437 g/mol. The van der Waals surface area contributed by atoms with Gasteiger partial charge in [0.1, 0.15) is 0 Å². The summed E-state index contributed by atoms with van der Waals surface area (Å²) in [4.78, 5) is 0. The van der Waals surface area contributed by atoms with Crippen LogP contribution in [0, 0.1) is 41.7 Å². The number of hydrogen-bond donors (Lipinski definition) is 0. The Morgan fingerprint density at radius 2 is 0.853 bits per heavy atom. The Labute approximate surface area is 199 Å². The van der Waals surface area contributed by atoms with Gasteiger partial charge >= 0.3 is 0 Å². The van der Waals surface area contributed by atoms with E-state index in [1.54, 1.807) is 0 Å². The van der Waals surface area contributed by atoms with Crippen LogP contribution in [-0.2, 0) is 6.42 Å². The van der Waals surface area contributed by atoms with E-state index in [0.29, 0.717) is 0 Å². The zero-order valence-electron chi connectivity index (χ0n) is 19.6. The smallest absolute Gasteiger partial charge is 0.00203 e. The highest BCUT2D eigenvalue weighted by Gasteiger charge is 2.09. The molecule has 0 fully saturated rings. The van der Waals surface area contributed by atoms with Crippen molar-refractivity contribution < 1.29 is 0 Å². The van der Waals surface area contributed by atoms with Gasteiger partial charge in [-0.1, -0.05) is 129 Å². The molecule has 164 valence electrons. The summed E-state index contributed by atoms with van der Waals surface area (Å²) in [5.74, 6) is 0. The van der Waals surface area contributed by atoms with E-state index < -0.39 is 0 Å². The molecule has 0 heterocycles. The third kappa shape index (κ3) is 3.38. The Morgan fingerprint density at radius 3 is 1.47 bits per heavy atom. The van der Waals surface area contributed by atoms with Gasteiger partial charge < -0.3 is 0 Å². The van der Waals surface area contributed by atoms with Crippen molar-refractivity contribution in [3.05, 3.63) is 163 Å². The Bertz CT molecular complexity index is 1890. The Balaban J connectivity index is 1.99. The summed E-state index contributed by atoms with van der Waals surface area (Å²) in [5.41, 5.74) is 4.12. The van der Waals surface area contributed by atoms with Crippen LogP contribution in [0.1, 0.15) is 25.3 Å². The predicted molar refractivity (Wildman–Crippen MR) is 141 cm³/mol. The molecule has 0 saturated heterocycles. The molecule has 0 bridgehead atoms. The zero-order valence-corrected chi connectivity index (χ0v) is 19.6. The molecule has 0 aromatic heterocycles. The van der Waals surface area contributed by atoms with Crippen LogP contribution in [0.3, 0.4) is 0 Å². The molecule has 0 aliphatic heterocycles. The summed E-state index contributed by atoms with van der Waals surface area (Å²) in [6.45, 7) is 2.27. The van der Waals surface area contributed by atoms with E-state index in [1.807, 2.05) is 0 Å². The summed E-state index contributed by atoms with van der Waals surface area (Å²) < 4.78 is 0. The number of unbranched alkanes of at least 4 members (excludes halogenated alkanes) is 1. The van der Waals surface area contributed by atoms with Gasteiger partial charge in [-0.15, -0.1) is 0 Å². The molecule has 0 spiro atoms. The highest BCUT2D eigenvalue weighted by molar-refractivity contribution is 5.68. The summed E-state index contributed by atoms with van der Waals surface area (Å²) >= 11 is 0. The Morgan fingerprint density at radius 1 is 0.412 bits per heavy atom. The number of fused-ring (bicyclic) bond motifs is 4. The van der Waals surface area contributed by atoms with Gasteiger partial charge in [-0.2, -0.15) is 0 Å². The highest BCUT2D eigenvalue weighted by Crippen LogP contribution is 2.28. The van der Waals surface area contributed by atoms with Crippen molar-refractivity contribution in [3.63, 3.8) is 0 Å². The van der Waals surface area contributed by atoms with E-state index in [1.165, 1.54) is 71.3 Å². The SMILES string of the molecule is CCCCc1ccccc1-c1cccc2/c1=c1/cccc/c1=c1\cccc\c1=c1/cccc/c1=2. The first-order valence-electron chi connectivity index (χ1n) is 12.4. The van der Waals surface area contributed by atoms with Crippen molar-refractivity contribution in [2.75, 3.05) is 0 Å². The second-order valence-electron chi connectivity index (χ2n) is 9.13. The molecule has 0 saturated carbocycles. The molecule has 1 aliphatic rings. The van der Waals surface area contributed by atoms with Gasteiger partial charge in [0.25, 0.3) is 0 Å². The van der Waals surface area contributed by atoms with E-state index >= 15 is 0 Å². The van der Waals surface area contributed by atoms with Crippen LogP contribution < -0.4 is 0 Å². The van der Waals surface area contributed by atoms with Crippen LogP contribution in [0.5, 0.6) is 0 Å². The van der Waals surface area contributed by atoms with Gasteiger partial charge in [0, 0.05) is 0 Å². The maximum Gasteiger partial charge on any atom is -0.00203 e. The van der Waals surface area contributed by atoms with E-state index in [9.17, 15) is 0 Å². The van der Waals surface area contributed by atoms with Crippen LogP contribution >= 0.6 is 0 Å². The topological polar surface area (TPSA) is 0 Å². The Kier molecular flexibility index (Phi) is 5.35. The van der Waals surface area contributed by atoms with Crippen LogP contribution in [0.15, 0.2) is 115 Å². The Hall–Kier alpha value is -3.90. The van der Waals surface area contributed by atoms with E-state index in [0.717, 1.165) is 6.42 Å². The summed E-state index contributed by atoms with van der Waals surface area (Å²) in [5, 5.41) is 10.4. The van der Waals surface area contributed by atoms with E-state index in [4.69, 9.17) is 0 Å². The predicted octanol–water partition coefficient (Wildman–Crippen LogP) is 8.16. The lowest BCUT2D eigenvalue weighted by Gasteiger charge is -2.12. The quantitative estimate of drug-likeness (QED) is 0.261. The first-order chi connectivity index (χ1) is 16.9. The molecule has 0 unspecified atom stereocenters. The number of aryl methyl sites for hydroxylation is 1. The van der Waals surface area contributed by atoms with Gasteiger partial charge in [-0.25, -0.2) is 0 Å². The molecule has 0 nitrogen and oxygen atoms in total.